The zero-order valence-electron chi connectivity index (χ0n) is 16.5. The molecule has 5 aromatic rings. The van der Waals surface area contributed by atoms with E-state index in [0.717, 1.165) is 39.8 Å². The van der Waals surface area contributed by atoms with E-state index in [9.17, 15) is 0 Å². The van der Waals surface area contributed by atoms with E-state index in [2.05, 4.69) is 68.8 Å². The molecule has 148 valence electrons. The average Bonchev–Trinajstić information content (AvgIpc) is 3.48. The van der Waals surface area contributed by atoms with E-state index < -0.39 is 0 Å². The quantitative estimate of drug-likeness (QED) is 0.453. The van der Waals surface area contributed by atoms with Crippen LogP contribution < -0.4 is 5.32 Å². The predicted octanol–water partition coefficient (Wildman–Crippen LogP) is 4.57. The van der Waals surface area contributed by atoms with Gasteiger partial charge in [0.2, 0.25) is 6.39 Å². The van der Waals surface area contributed by atoms with Crippen LogP contribution in [0, 0.1) is 6.92 Å². The lowest BCUT2D eigenvalue weighted by atomic mass is 10.0. The first-order valence-corrected chi connectivity index (χ1v) is 9.74. The van der Waals surface area contributed by atoms with Gasteiger partial charge < -0.3 is 14.3 Å². The third-order valence-electron chi connectivity index (χ3n) is 5.07. The summed E-state index contributed by atoms with van der Waals surface area (Å²) in [5, 5.41) is 12.5. The molecule has 7 heteroatoms. The van der Waals surface area contributed by atoms with Crippen LogP contribution in [-0.2, 0) is 6.54 Å². The van der Waals surface area contributed by atoms with Crippen molar-refractivity contribution in [1.29, 1.82) is 0 Å². The highest BCUT2D eigenvalue weighted by molar-refractivity contribution is 6.00. The second kappa shape index (κ2) is 7.79. The number of rotatable bonds is 6. The van der Waals surface area contributed by atoms with Gasteiger partial charge in [0.1, 0.15) is 0 Å². The minimum absolute atomic E-state index is 0.440. The topological polar surface area (TPSA) is 81.7 Å². The first-order valence-electron chi connectivity index (χ1n) is 9.74. The fourth-order valence-corrected chi connectivity index (χ4v) is 3.49. The highest BCUT2D eigenvalue weighted by Gasteiger charge is 2.15. The molecule has 1 N–H and O–H groups in total. The van der Waals surface area contributed by atoms with E-state index in [-0.39, 0.29) is 0 Å². The molecule has 0 aliphatic heterocycles. The van der Waals surface area contributed by atoms with Crippen molar-refractivity contribution in [3.63, 3.8) is 0 Å². The number of aromatic nitrogens is 5. The molecule has 0 spiro atoms. The SMILES string of the molecule is Cc1ccc(-c2ccc3ncc(-c4nnco4)c(NCCn4ccnc4)c3c2)cc1. The van der Waals surface area contributed by atoms with Crippen molar-refractivity contribution >= 4 is 16.6 Å². The maximum atomic E-state index is 5.47. The molecule has 2 aromatic carbocycles. The fourth-order valence-electron chi connectivity index (χ4n) is 3.49. The highest BCUT2D eigenvalue weighted by atomic mass is 16.4. The van der Waals surface area contributed by atoms with Crippen LogP contribution >= 0.6 is 0 Å². The molecule has 30 heavy (non-hydrogen) atoms. The summed E-state index contributed by atoms with van der Waals surface area (Å²) in [7, 11) is 0. The lowest BCUT2D eigenvalue weighted by Crippen LogP contribution is -2.10. The Morgan fingerprint density at radius 3 is 2.70 bits per heavy atom. The average molecular weight is 396 g/mol. The number of nitrogens with zero attached hydrogens (tertiary/aromatic N) is 5. The fraction of sp³-hybridized carbons (Fsp3) is 0.130. The van der Waals surface area contributed by atoms with Crippen LogP contribution in [0.4, 0.5) is 5.69 Å². The summed E-state index contributed by atoms with van der Waals surface area (Å²) in [6.07, 6.45) is 8.64. The summed E-state index contributed by atoms with van der Waals surface area (Å²) < 4.78 is 7.50. The Balaban J connectivity index is 1.58. The molecule has 7 nitrogen and oxygen atoms in total. The molecule has 0 aliphatic carbocycles. The first-order chi connectivity index (χ1) is 14.8. The molecule has 0 saturated carbocycles. The van der Waals surface area contributed by atoms with Gasteiger partial charge >= 0.3 is 0 Å². The zero-order chi connectivity index (χ0) is 20.3. The molecule has 0 aliphatic rings. The molecule has 0 atom stereocenters. The number of aryl methyl sites for hydroxylation is 1. The molecule has 5 rings (SSSR count). The minimum Gasteiger partial charge on any atom is -0.423 e. The van der Waals surface area contributed by atoms with Crippen LogP contribution in [0.2, 0.25) is 0 Å². The molecular weight excluding hydrogens is 376 g/mol. The number of nitrogens with one attached hydrogen (secondary N) is 1. The molecule has 0 fully saturated rings. The van der Waals surface area contributed by atoms with Crippen LogP contribution in [0.5, 0.6) is 0 Å². The van der Waals surface area contributed by atoms with Crippen LogP contribution in [0.15, 0.2) is 78.2 Å². The zero-order valence-corrected chi connectivity index (χ0v) is 16.5. The third-order valence-corrected chi connectivity index (χ3v) is 5.07. The van der Waals surface area contributed by atoms with Crippen LogP contribution in [0.25, 0.3) is 33.5 Å². The van der Waals surface area contributed by atoms with E-state index in [0.29, 0.717) is 12.4 Å². The molecule has 0 radical (unpaired) electrons. The van der Waals surface area contributed by atoms with Crippen molar-refractivity contribution in [3.8, 4) is 22.6 Å². The van der Waals surface area contributed by atoms with Gasteiger partial charge in [-0.3, -0.25) is 4.98 Å². The largest absolute Gasteiger partial charge is 0.423 e. The highest BCUT2D eigenvalue weighted by Crippen LogP contribution is 2.35. The summed E-state index contributed by atoms with van der Waals surface area (Å²) in [6, 6.07) is 14.8. The molecule has 3 heterocycles. The van der Waals surface area contributed by atoms with Gasteiger partial charge in [-0.1, -0.05) is 35.9 Å². The van der Waals surface area contributed by atoms with Crippen molar-refractivity contribution < 1.29 is 4.42 Å². The van der Waals surface area contributed by atoms with Crippen LogP contribution in [0.3, 0.4) is 0 Å². The van der Waals surface area contributed by atoms with E-state index in [1.165, 1.54) is 12.0 Å². The van der Waals surface area contributed by atoms with E-state index in [1.807, 2.05) is 16.8 Å². The number of hydrogen-bond acceptors (Lipinski definition) is 6. The number of imidazole rings is 1. The summed E-state index contributed by atoms with van der Waals surface area (Å²) >= 11 is 0. The number of fused-ring (bicyclic) bond motifs is 1. The predicted molar refractivity (Wildman–Crippen MR) is 116 cm³/mol. The molecule has 0 bridgehead atoms. The molecular formula is C23H20N6O. The Morgan fingerprint density at radius 2 is 1.93 bits per heavy atom. The van der Waals surface area contributed by atoms with E-state index in [1.54, 1.807) is 18.7 Å². The number of anilines is 1. The number of benzene rings is 2. The summed E-state index contributed by atoms with van der Waals surface area (Å²) in [6.45, 7) is 3.59. The maximum Gasteiger partial charge on any atom is 0.251 e. The molecule has 0 saturated heterocycles. The first kappa shape index (κ1) is 18.1. The number of hydrogen-bond donors (Lipinski definition) is 1. The second-order valence-electron chi connectivity index (χ2n) is 7.12. The second-order valence-corrected chi connectivity index (χ2v) is 7.12. The van der Waals surface area contributed by atoms with Crippen molar-refractivity contribution in [2.45, 2.75) is 13.5 Å². The van der Waals surface area contributed by atoms with Gasteiger partial charge in [0.25, 0.3) is 5.89 Å². The Labute approximate surface area is 173 Å². The van der Waals surface area contributed by atoms with Crippen LogP contribution in [-0.4, -0.2) is 31.3 Å². The Hall–Kier alpha value is -4.00. The van der Waals surface area contributed by atoms with Gasteiger partial charge in [0.15, 0.2) is 0 Å². The molecule has 3 aromatic heterocycles. The van der Waals surface area contributed by atoms with Gasteiger partial charge in [-0.2, -0.15) is 0 Å². The van der Waals surface area contributed by atoms with Gasteiger partial charge in [0.05, 0.1) is 23.1 Å². The lowest BCUT2D eigenvalue weighted by molar-refractivity contribution is 0.568. The standard InChI is InChI=1S/C23H20N6O/c1-16-2-4-17(5-3-16)18-6-7-21-19(12-18)22(25-9-11-29-10-8-24-14-29)20(13-26-21)23-28-27-15-30-23/h2-8,10,12-15H,9,11H2,1H3,(H,25,26). The van der Waals surface area contributed by atoms with Crippen molar-refractivity contribution in [2.24, 2.45) is 0 Å². The normalized spacial score (nSPS) is 11.1. The van der Waals surface area contributed by atoms with Gasteiger partial charge in [-0.25, -0.2) is 4.98 Å². The van der Waals surface area contributed by atoms with Gasteiger partial charge in [-0.15, -0.1) is 10.2 Å². The maximum absolute atomic E-state index is 5.47. The Kier molecular flexibility index (Phi) is 4.69. The van der Waals surface area contributed by atoms with Gasteiger partial charge in [0, 0.05) is 37.1 Å². The summed E-state index contributed by atoms with van der Waals surface area (Å²) in [4.78, 5) is 8.72. The van der Waals surface area contributed by atoms with Crippen LogP contribution in [0.1, 0.15) is 5.56 Å². The van der Waals surface area contributed by atoms with Gasteiger partial charge in [-0.05, 0) is 30.2 Å². The smallest absolute Gasteiger partial charge is 0.251 e. The Bertz CT molecular complexity index is 1260. The summed E-state index contributed by atoms with van der Waals surface area (Å²) in [5.41, 5.74) is 6.14. The van der Waals surface area contributed by atoms with Crippen molar-refractivity contribution in [2.75, 3.05) is 11.9 Å². The lowest BCUT2D eigenvalue weighted by Gasteiger charge is -2.14. The third kappa shape index (κ3) is 3.53. The molecule has 0 amide bonds. The number of pyridine rings is 1. The summed E-state index contributed by atoms with van der Waals surface area (Å²) in [5.74, 6) is 0.440. The minimum atomic E-state index is 0.440. The van der Waals surface area contributed by atoms with E-state index >= 15 is 0 Å². The molecule has 0 unspecified atom stereocenters. The van der Waals surface area contributed by atoms with E-state index in [4.69, 9.17) is 4.42 Å². The monoisotopic (exact) mass is 396 g/mol. The Morgan fingerprint density at radius 1 is 1.07 bits per heavy atom. The van der Waals surface area contributed by atoms with Crippen molar-refractivity contribution in [1.82, 2.24) is 24.7 Å². The van der Waals surface area contributed by atoms with Crippen molar-refractivity contribution in [3.05, 3.63) is 79.3 Å².